The van der Waals surface area contributed by atoms with Crippen molar-refractivity contribution in [1.29, 1.82) is 0 Å². The maximum Gasteiger partial charge on any atom is 0.386 e. The summed E-state index contributed by atoms with van der Waals surface area (Å²) in [4.78, 5) is 34.9. The van der Waals surface area contributed by atoms with E-state index in [4.69, 9.17) is 0 Å². The largest absolute Gasteiger partial charge is 0.442 e. The van der Waals surface area contributed by atoms with Gasteiger partial charge in [0.2, 0.25) is 0 Å². The van der Waals surface area contributed by atoms with Crippen molar-refractivity contribution < 1.29 is 77.6 Å². The number of carbonyl (C=O) groups is 3. The topological polar surface area (TPSA) is 99.1 Å². The highest BCUT2D eigenvalue weighted by Crippen LogP contribution is 2.77. The van der Waals surface area contributed by atoms with Gasteiger partial charge in [0, 0.05) is 24.6 Å². The highest BCUT2D eigenvalue weighted by molar-refractivity contribution is 5.84. The Morgan fingerprint density at radius 2 is 1.11 bits per heavy atom. The van der Waals surface area contributed by atoms with Crippen LogP contribution in [-0.4, -0.2) is 76.0 Å². The minimum absolute atomic E-state index is 0.192. The van der Waals surface area contributed by atoms with E-state index in [0.717, 1.165) is 0 Å². The van der Waals surface area contributed by atoms with Crippen LogP contribution in [0.25, 0.3) is 0 Å². The number of halogens is 10. The molecule has 1 N–H and O–H groups in total. The summed E-state index contributed by atoms with van der Waals surface area (Å²) in [5.41, 5.74) is -17.4. The molecule has 4 unspecified atom stereocenters. The van der Waals surface area contributed by atoms with Gasteiger partial charge in [0.25, 0.3) is 5.60 Å². The van der Waals surface area contributed by atoms with Crippen LogP contribution in [0.4, 0.5) is 43.9 Å². The molecule has 36 heavy (non-hydrogen) atoms. The molecule has 4 atom stereocenters. The van der Waals surface area contributed by atoms with Gasteiger partial charge in [0.1, 0.15) is 6.67 Å². The molecule has 2 bridgehead atoms. The lowest BCUT2D eigenvalue weighted by Gasteiger charge is -2.67. The van der Waals surface area contributed by atoms with Crippen LogP contribution in [0.1, 0.15) is 6.42 Å². The van der Waals surface area contributed by atoms with Gasteiger partial charge in [-0.3, -0.25) is 0 Å². The summed E-state index contributed by atoms with van der Waals surface area (Å²) in [5, 5.41) is 10.1. The summed E-state index contributed by atoms with van der Waals surface area (Å²) < 4.78 is 164. The average Bonchev–Trinajstić information content (AvgIpc) is 2.78. The molecule has 0 aromatic rings. The number of carbonyl (C=O) groups excluding carboxylic acids is 3. The predicted octanol–water partition coefficient (Wildman–Crippen LogP) is 2.98. The van der Waals surface area contributed by atoms with E-state index in [9.17, 15) is 23.9 Å². The molecule has 7 nitrogen and oxygen atoms in total. The van der Waals surface area contributed by atoms with E-state index in [1.54, 1.807) is 0 Å². The van der Waals surface area contributed by atoms with Crippen molar-refractivity contribution in [3.8, 4) is 0 Å². The Hall–Kier alpha value is -3.11. The molecular weight excluding hydrogens is 530 g/mol. The zero-order chi connectivity index (χ0) is 28.4. The number of hydrogen-bond acceptors (Lipinski definition) is 7. The van der Waals surface area contributed by atoms with Crippen molar-refractivity contribution in [3.63, 3.8) is 0 Å². The van der Waals surface area contributed by atoms with Crippen LogP contribution in [0.3, 0.4) is 0 Å². The Morgan fingerprint density at radius 1 is 0.694 bits per heavy atom. The SMILES string of the molecule is C=CC(=O)OC1(F)C(F)(F)C2(OC(=O)C=C)CC(O)(CF)C(F)(F)C(OC(=O)C=C)(C1(F)F)C2(F)F. The van der Waals surface area contributed by atoms with Crippen molar-refractivity contribution in [2.24, 2.45) is 0 Å². The lowest BCUT2D eigenvalue weighted by molar-refractivity contribution is -0.547. The normalized spacial score (nSPS) is 37.1. The molecule has 0 aromatic heterocycles. The molecule has 0 aromatic carbocycles. The van der Waals surface area contributed by atoms with Crippen LogP contribution in [0, 0.1) is 0 Å². The first-order valence-electron chi connectivity index (χ1n) is 9.18. The number of alkyl halides is 10. The Morgan fingerprint density at radius 3 is 1.53 bits per heavy atom. The molecule has 2 aliphatic rings. The van der Waals surface area contributed by atoms with E-state index < -0.39 is 77.4 Å². The summed E-state index contributed by atoms with van der Waals surface area (Å²) >= 11 is 0. The first-order valence-corrected chi connectivity index (χ1v) is 9.18. The number of ether oxygens (including phenoxy) is 3. The minimum atomic E-state index is -7.23. The third kappa shape index (κ3) is 2.82. The van der Waals surface area contributed by atoms with Crippen molar-refractivity contribution >= 4 is 17.9 Å². The maximum atomic E-state index is 15.7. The number of aliphatic hydroxyl groups is 1. The van der Waals surface area contributed by atoms with Gasteiger partial charge in [-0.05, 0) is 0 Å². The van der Waals surface area contributed by atoms with E-state index in [1.807, 2.05) is 0 Å². The molecule has 2 saturated carbocycles. The average molecular weight is 544 g/mol. The number of fused-ring (bicyclic) bond motifs is 2. The van der Waals surface area contributed by atoms with Gasteiger partial charge in [-0.1, -0.05) is 19.7 Å². The first-order chi connectivity index (χ1) is 16.1. The summed E-state index contributed by atoms with van der Waals surface area (Å²) in [6, 6.07) is 0. The van der Waals surface area contributed by atoms with Crippen LogP contribution >= 0.6 is 0 Å². The fourth-order valence-corrected chi connectivity index (χ4v) is 4.03. The van der Waals surface area contributed by atoms with Gasteiger partial charge in [0.05, 0.1) is 0 Å². The molecule has 2 fully saturated rings. The second-order valence-electron chi connectivity index (χ2n) is 7.62. The molecule has 0 saturated heterocycles. The van der Waals surface area contributed by atoms with E-state index in [2.05, 4.69) is 33.9 Å². The van der Waals surface area contributed by atoms with Gasteiger partial charge < -0.3 is 19.3 Å². The van der Waals surface area contributed by atoms with Gasteiger partial charge in [-0.25, -0.2) is 18.8 Å². The quantitative estimate of drug-likeness (QED) is 0.228. The van der Waals surface area contributed by atoms with Gasteiger partial charge >= 0.3 is 53.1 Å². The Bertz CT molecular complexity index is 1020. The van der Waals surface area contributed by atoms with Gasteiger partial charge in [-0.15, -0.1) is 0 Å². The number of rotatable bonds is 7. The lowest BCUT2D eigenvalue weighted by atomic mass is 9.51. The second kappa shape index (κ2) is 7.94. The van der Waals surface area contributed by atoms with Crippen LogP contribution < -0.4 is 0 Å². The first kappa shape index (κ1) is 29.1. The van der Waals surface area contributed by atoms with Crippen LogP contribution in [0.15, 0.2) is 38.0 Å². The summed E-state index contributed by atoms with van der Waals surface area (Å²) in [6.45, 7) is 4.65. The fourth-order valence-electron chi connectivity index (χ4n) is 4.03. The highest BCUT2D eigenvalue weighted by atomic mass is 19.3. The molecule has 0 amide bonds. The molecule has 0 radical (unpaired) electrons. The Kier molecular flexibility index (Phi) is 6.43. The molecule has 0 spiro atoms. The zero-order valence-corrected chi connectivity index (χ0v) is 17.4. The molecular formula is C19H14F10O7. The number of hydrogen-bond donors (Lipinski definition) is 1. The van der Waals surface area contributed by atoms with Crippen LogP contribution in [0.5, 0.6) is 0 Å². The van der Waals surface area contributed by atoms with Crippen LogP contribution in [-0.2, 0) is 28.6 Å². The van der Waals surface area contributed by atoms with E-state index in [0.29, 0.717) is 0 Å². The standard InChI is InChI=1S/C19H14F10O7/c1-4-9(30)34-13-7-12(33,8-20)15(21,22)14(16(13,23)24,35-10(31)5-2)18(27,28)19(29,17(13,25)26)36-11(32)6-3/h4-6,33H,1-3,7-8H2. The highest BCUT2D eigenvalue weighted by Gasteiger charge is 3.09. The van der Waals surface area contributed by atoms with E-state index >= 15 is 39.5 Å². The molecule has 17 heteroatoms. The maximum absolute atomic E-state index is 15.7. The monoisotopic (exact) mass is 544 g/mol. The predicted molar refractivity (Wildman–Crippen MR) is 93.5 cm³/mol. The smallest absolute Gasteiger partial charge is 0.386 e. The molecule has 0 aliphatic heterocycles. The molecule has 0 heterocycles. The molecule has 2 aliphatic carbocycles. The lowest BCUT2D eigenvalue weighted by Crippen LogP contribution is -2.98. The summed E-state index contributed by atoms with van der Waals surface area (Å²) in [6.07, 6.45) is -3.98. The molecule has 202 valence electrons. The fraction of sp³-hybridized carbons (Fsp3) is 0.526. The van der Waals surface area contributed by atoms with Crippen molar-refractivity contribution in [2.45, 2.75) is 52.8 Å². The van der Waals surface area contributed by atoms with Gasteiger partial charge in [0.15, 0.2) is 5.60 Å². The second-order valence-corrected chi connectivity index (χ2v) is 7.62. The van der Waals surface area contributed by atoms with E-state index in [1.165, 1.54) is 0 Å². The molecule has 2 rings (SSSR count). The van der Waals surface area contributed by atoms with Crippen molar-refractivity contribution in [3.05, 3.63) is 38.0 Å². The van der Waals surface area contributed by atoms with Crippen molar-refractivity contribution in [2.75, 3.05) is 6.67 Å². The third-order valence-electron chi connectivity index (χ3n) is 5.77. The van der Waals surface area contributed by atoms with Crippen LogP contribution in [0.2, 0.25) is 0 Å². The summed E-state index contributed by atoms with van der Waals surface area (Å²) in [7, 11) is 0. The van der Waals surface area contributed by atoms with E-state index in [-0.39, 0.29) is 18.2 Å². The number of esters is 3. The van der Waals surface area contributed by atoms with Gasteiger partial charge in [-0.2, -0.15) is 39.5 Å². The Labute approximate surface area is 194 Å². The zero-order valence-electron chi connectivity index (χ0n) is 17.4. The third-order valence-corrected chi connectivity index (χ3v) is 5.77. The summed E-state index contributed by atoms with van der Waals surface area (Å²) in [5.74, 6) is -41.7. The Balaban J connectivity index is 3.29. The minimum Gasteiger partial charge on any atom is -0.442 e. The van der Waals surface area contributed by atoms with Crippen molar-refractivity contribution in [1.82, 2.24) is 0 Å².